The Balaban J connectivity index is 2.88. The number of allylic oxidation sites excluding steroid dienone is 1. The summed E-state index contributed by atoms with van der Waals surface area (Å²) in [7, 11) is 0. The van der Waals surface area contributed by atoms with Gasteiger partial charge in [-0.1, -0.05) is 24.3 Å². The van der Waals surface area contributed by atoms with Crippen LogP contribution >= 0.6 is 0 Å². The Labute approximate surface area is 81.4 Å². The number of aldehydes is 1. The summed E-state index contributed by atoms with van der Waals surface area (Å²) in [5, 5.41) is 7.59. The average Bonchev–Trinajstić information content (AvgIpc) is 2.59. The van der Waals surface area contributed by atoms with Crippen molar-refractivity contribution < 1.29 is 4.79 Å². The molecule has 2 rings (SSSR count). The number of aromatic amines is 1. The van der Waals surface area contributed by atoms with Gasteiger partial charge in [-0.25, -0.2) is 0 Å². The highest BCUT2D eigenvalue weighted by Gasteiger charge is 2.08. The van der Waals surface area contributed by atoms with Gasteiger partial charge in [0.25, 0.3) is 0 Å². The first-order valence-electron chi connectivity index (χ1n) is 4.32. The fourth-order valence-corrected chi connectivity index (χ4v) is 1.53. The zero-order valence-corrected chi connectivity index (χ0v) is 7.87. The fraction of sp³-hybridized carbons (Fsp3) is 0.0909. The van der Waals surface area contributed by atoms with Gasteiger partial charge in [-0.05, 0) is 18.6 Å². The maximum atomic E-state index is 10.8. The van der Waals surface area contributed by atoms with Crippen LogP contribution in [0.1, 0.15) is 23.0 Å². The summed E-state index contributed by atoms with van der Waals surface area (Å²) in [6.07, 6.45) is 0.780. The summed E-state index contributed by atoms with van der Waals surface area (Å²) in [6, 6.07) is 5.71. The molecule has 0 bridgehead atoms. The molecular weight excluding hydrogens is 176 g/mol. The monoisotopic (exact) mass is 186 g/mol. The molecule has 3 nitrogen and oxygen atoms in total. The number of nitrogens with one attached hydrogen (secondary N) is 1. The Bertz CT molecular complexity index is 511. The van der Waals surface area contributed by atoms with Crippen molar-refractivity contribution in [1.82, 2.24) is 10.2 Å². The van der Waals surface area contributed by atoms with Crippen molar-refractivity contribution in [1.29, 1.82) is 0 Å². The SMILES string of the molecule is C=C(C)c1cccc2n[nH]c(C=O)c12. The highest BCUT2D eigenvalue weighted by atomic mass is 16.1. The number of fused-ring (bicyclic) bond motifs is 1. The van der Waals surface area contributed by atoms with Crippen LogP contribution in [0, 0.1) is 0 Å². The van der Waals surface area contributed by atoms with Gasteiger partial charge in [-0.15, -0.1) is 0 Å². The lowest BCUT2D eigenvalue weighted by molar-refractivity contribution is 0.112. The normalized spacial score (nSPS) is 10.4. The maximum Gasteiger partial charge on any atom is 0.168 e. The van der Waals surface area contributed by atoms with Gasteiger partial charge in [0.1, 0.15) is 5.69 Å². The van der Waals surface area contributed by atoms with Crippen LogP contribution in [0.4, 0.5) is 0 Å². The van der Waals surface area contributed by atoms with Crippen LogP contribution in [-0.2, 0) is 0 Å². The van der Waals surface area contributed by atoms with Gasteiger partial charge in [0.15, 0.2) is 6.29 Å². The molecule has 0 unspecified atom stereocenters. The summed E-state index contributed by atoms with van der Waals surface area (Å²) in [4.78, 5) is 10.8. The second-order valence-electron chi connectivity index (χ2n) is 3.24. The van der Waals surface area contributed by atoms with Crippen LogP contribution in [0.25, 0.3) is 16.5 Å². The fourth-order valence-electron chi connectivity index (χ4n) is 1.53. The highest BCUT2D eigenvalue weighted by Crippen LogP contribution is 2.24. The van der Waals surface area contributed by atoms with E-state index < -0.39 is 0 Å². The zero-order valence-electron chi connectivity index (χ0n) is 7.87. The molecule has 1 heterocycles. The van der Waals surface area contributed by atoms with E-state index in [4.69, 9.17) is 0 Å². The number of carbonyl (C=O) groups is 1. The number of hydrogen-bond donors (Lipinski definition) is 1. The summed E-state index contributed by atoms with van der Waals surface area (Å²) in [6.45, 7) is 5.79. The van der Waals surface area contributed by atoms with Crippen molar-refractivity contribution in [2.24, 2.45) is 0 Å². The molecule has 1 aromatic heterocycles. The Morgan fingerprint density at radius 3 is 3.00 bits per heavy atom. The molecule has 0 atom stereocenters. The molecular formula is C11H10N2O. The van der Waals surface area contributed by atoms with Gasteiger partial charge < -0.3 is 0 Å². The van der Waals surface area contributed by atoms with E-state index >= 15 is 0 Å². The molecule has 0 spiro atoms. The topological polar surface area (TPSA) is 45.8 Å². The number of benzene rings is 1. The van der Waals surface area contributed by atoms with E-state index in [-0.39, 0.29) is 0 Å². The van der Waals surface area contributed by atoms with E-state index in [9.17, 15) is 4.79 Å². The minimum absolute atomic E-state index is 0.513. The molecule has 0 fully saturated rings. The Morgan fingerprint density at radius 1 is 1.57 bits per heavy atom. The first-order chi connectivity index (χ1) is 6.74. The molecule has 0 saturated heterocycles. The van der Waals surface area contributed by atoms with Gasteiger partial charge in [0, 0.05) is 5.39 Å². The molecule has 1 N–H and O–H groups in total. The summed E-state index contributed by atoms with van der Waals surface area (Å²) < 4.78 is 0. The van der Waals surface area contributed by atoms with Crippen molar-refractivity contribution in [3.05, 3.63) is 36.0 Å². The molecule has 0 aliphatic rings. The van der Waals surface area contributed by atoms with Gasteiger partial charge in [0.2, 0.25) is 0 Å². The van der Waals surface area contributed by atoms with Gasteiger partial charge in [-0.3, -0.25) is 9.89 Å². The molecule has 2 aromatic rings. The lowest BCUT2D eigenvalue weighted by atomic mass is 10.0. The van der Waals surface area contributed by atoms with Crippen molar-refractivity contribution in [3.8, 4) is 0 Å². The van der Waals surface area contributed by atoms with Crippen molar-refractivity contribution >= 4 is 22.8 Å². The Hall–Kier alpha value is -1.90. The van der Waals surface area contributed by atoms with Crippen molar-refractivity contribution in [3.63, 3.8) is 0 Å². The molecule has 0 saturated carbocycles. The minimum atomic E-state index is 0.513. The van der Waals surface area contributed by atoms with Gasteiger partial charge >= 0.3 is 0 Å². The molecule has 70 valence electrons. The standard InChI is InChI=1S/C11H10N2O/c1-7(2)8-4-3-5-9-11(8)10(6-14)13-12-9/h3-6H,1H2,2H3,(H,12,13). The number of carbonyl (C=O) groups excluding carboxylic acids is 1. The first-order valence-corrected chi connectivity index (χ1v) is 4.32. The molecule has 0 aliphatic carbocycles. The van der Waals surface area contributed by atoms with Gasteiger partial charge in [-0.2, -0.15) is 5.10 Å². The maximum absolute atomic E-state index is 10.8. The number of rotatable bonds is 2. The quantitative estimate of drug-likeness (QED) is 0.732. The molecule has 3 heteroatoms. The highest BCUT2D eigenvalue weighted by molar-refractivity contribution is 6.01. The summed E-state index contributed by atoms with van der Waals surface area (Å²) in [5.74, 6) is 0. The second kappa shape index (κ2) is 3.10. The molecule has 0 radical (unpaired) electrons. The van der Waals surface area contributed by atoms with Gasteiger partial charge in [0.05, 0.1) is 5.52 Å². The predicted molar refractivity (Wildman–Crippen MR) is 56.2 cm³/mol. The van der Waals surface area contributed by atoms with E-state index in [2.05, 4.69) is 16.8 Å². The van der Waals surface area contributed by atoms with E-state index in [0.717, 1.165) is 28.3 Å². The first kappa shape index (κ1) is 8.69. The number of nitrogens with zero attached hydrogens (tertiary/aromatic N) is 1. The third-order valence-electron chi connectivity index (χ3n) is 2.19. The Kier molecular flexibility index (Phi) is 1.93. The molecule has 14 heavy (non-hydrogen) atoms. The van der Waals surface area contributed by atoms with E-state index in [1.165, 1.54) is 0 Å². The molecule has 1 aromatic carbocycles. The van der Waals surface area contributed by atoms with Crippen LogP contribution in [0.2, 0.25) is 0 Å². The van der Waals surface area contributed by atoms with Crippen LogP contribution in [-0.4, -0.2) is 16.5 Å². The van der Waals surface area contributed by atoms with E-state index in [1.54, 1.807) is 0 Å². The predicted octanol–water partition coefficient (Wildman–Crippen LogP) is 2.41. The van der Waals surface area contributed by atoms with Crippen molar-refractivity contribution in [2.75, 3.05) is 0 Å². The van der Waals surface area contributed by atoms with Crippen LogP contribution < -0.4 is 0 Å². The minimum Gasteiger partial charge on any atom is -0.296 e. The van der Waals surface area contributed by atoms with Crippen LogP contribution in [0.15, 0.2) is 24.8 Å². The summed E-state index contributed by atoms with van der Waals surface area (Å²) >= 11 is 0. The molecule has 0 amide bonds. The zero-order chi connectivity index (χ0) is 10.1. The smallest absolute Gasteiger partial charge is 0.168 e. The Morgan fingerprint density at radius 2 is 2.36 bits per heavy atom. The van der Waals surface area contributed by atoms with E-state index in [0.29, 0.717) is 5.69 Å². The molecule has 0 aliphatic heterocycles. The van der Waals surface area contributed by atoms with Crippen LogP contribution in [0.3, 0.4) is 0 Å². The van der Waals surface area contributed by atoms with Crippen molar-refractivity contribution in [2.45, 2.75) is 6.92 Å². The average molecular weight is 186 g/mol. The van der Waals surface area contributed by atoms with E-state index in [1.807, 2.05) is 25.1 Å². The largest absolute Gasteiger partial charge is 0.296 e. The second-order valence-corrected chi connectivity index (χ2v) is 3.24. The number of H-pyrrole nitrogens is 1. The lowest BCUT2D eigenvalue weighted by Gasteiger charge is -2.00. The third kappa shape index (κ3) is 1.14. The summed E-state index contributed by atoms with van der Waals surface area (Å²) in [5.41, 5.74) is 3.21. The van der Waals surface area contributed by atoms with Crippen LogP contribution in [0.5, 0.6) is 0 Å². The number of hydrogen-bond acceptors (Lipinski definition) is 2. The third-order valence-corrected chi connectivity index (χ3v) is 2.19. The lowest BCUT2D eigenvalue weighted by Crippen LogP contribution is -1.84. The number of aromatic nitrogens is 2.